The van der Waals surface area contributed by atoms with Gasteiger partial charge < -0.3 is 5.11 Å². The van der Waals surface area contributed by atoms with Gasteiger partial charge in [-0.05, 0) is 41.6 Å². The van der Waals surface area contributed by atoms with E-state index in [-0.39, 0.29) is 11.2 Å². The molecular formula is C17H19N3O. The Balaban J connectivity index is 2.33. The lowest BCUT2D eigenvalue weighted by Gasteiger charge is -2.31. The largest absolute Gasteiger partial charge is 0.508 e. The van der Waals surface area contributed by atoms with Gasteiger partial charge in [0.15, 0.2) is 0 Å². The quantitative estimate of drug-likeness (QED) is 0.352. The molecule has 4 heteroatoms. The summed E-state index contributed by atoms with van der Waals surface area (Å²) in [5.41, 5.74) is 10.6. The van der Waals surface area contributed by atoms with Gasteiger partial charge in [-0.15, -0.1) is 0 Å². The molecule has 1 N–H and O–H groups in total. The molecule has 0 spiro atoms. The molecule has 0 amide bonds. The van der Waals surface area contributed by atoms with Crippen molar-refractivity contribution in [2.24, 2.45) is 5.11 Å². The summed E-state index contributed by atoms with van der Waals surface area (Å²) in [6.45, 7) is 2.68. The van der Waals surface area contributed by atoms with Crippen LogP contribution in [0.1, 0.15) is 30.9 Å². The van der Waals surface area contributed by atoms with Crippen LogP contribution in [0.15, 0.2) is 59.7 Å². The number of phenolic OH excluding ortho intramolecular Hbond substituents is 1. The molecule has 2 aromatic rings. The van der Waals surface area contributed by atoms with Crippen LogP contribution in [0, 0.1) is 0 Å². The van der Waals surface area contributed by atoms with Gasteiger partial charge in [-0.3, -0.25) is 0 Å². The Morgan fingerprint density at radius 2 is 1.67 bits per heavy atom. The van der Waals surface area contributed by atoms with Crippen LogP contribution in [0.4, 0.5) is 0 Å². The van der Waals surface area contributed by atoms with E-state index in [1.54, 1.807) is 12.1 Å². The van der Waals surface area contributed by atoms with E-state index in [0.717, 1.165) is 18.4 Å². The molecule has 108 valence electrons. The lowest BCUT2D eigenvalue weighted by molar-refractivity contribution is 0.471. The van der Waals surface area contributed by atoms with Crippen LogP contribution < -0.4 is 0 Å². The molecule has 0 radical (unpaired) electrons. The molecule has 1 atom stereocenters. The molecule has 0 saturated carbocycles. The lowest BCUT2D eigenvalue weighted by atomic mass is 9.73. The van der Waals surface area contributed by atoms with Crippen LogP contribution in [0.3, 0.4) is 0 Å². The van der Waals surface area contributed by atoms with Crippen LogP contribution in [-0.2, 0) is 5.41 Å². The van der Waals surface area contributed by atoms with Gasteiger partial charge in [0.2, 0.25) is 0 Å². The first-order valence-corrected chi connectivity index (χ1v) is 7.03. The van der Waals surface area contributed by atoms with E-state index in [0.29, 0.717) is 6.54 Å². The number of phenols is 1. The highest BCUT2D eigenvalue weighted by atomic mass is 16.3. The normalized spacial score (nSPS) is 13.2. The molecule has 0 aliphatic carbocycles. The fraction of sp³-hybridized carbons (Fsp3) is 0.294. The maximum atomic E-state index is 9.48. The highest BCUT2D eigenvalue weighted by Crippen LogP contribution is 2.36. The first-order chi connectivity index (χ1) is 10.2. The van der Waals surface area contributed by atoms with E-state index < -0.39 is 0 Å². The molecule has 0 saturated heterocycles. The van der Waals surface area contributed by atoms with Crippen molar-refractivity contribution in [2.75, 3.05) is 6.54 Å². The van der Waals surface area contributed by atoms with Crippen LogP contribution in [-0.4, -0.2) is 11.7 Å². The summed E-state index contributed by atoms with van der Waals surface area (Å²) in [5.74, 6) is 0.267. The summed E-state index contributed by atoms with van der Waals surface area (Å²) in [6.07, 6.45) is 1.69. The fourth-order valence-corrected chi connectivity index (χ4v) is 2.64. The first kappa shape index (κ1) is 14.9. The molecule has 0 aliphatic heterocycles. The molecule has 0 bridgehead atoms. The summed E-state index contributed by atoms with van der Waals surface area (Å²) in [4.78, 5) is 2.80. The molecular weight excluding hydrogens is 262 g/mol. The second-order valence-corrected chi connectivity index (χ2v) is 5.30. The minimum atomic E-state index is -0.167. The van der Waals surface area contributed by atoms with Gasteiger partial charge in [-0.25, -0.2) is 0 Å². The zero-order valence-electron chi connectivity index (χ0n) is 12.1. The number of benzene rings is 2. The molecule has 2 rings (SSSR count). The lowest BCUT2D eigenvalue weighted by Crippen LogP contribution is -2.23. The zero-order valence-corrected chi connectivity index (χ0v) is 12.1. The minimum Gasteiger partial charge on any atom is -0.508 e. The van der Waals surface area contributed by atoms with E-state index in [4.69, 9.17) is 5.53 Å². The number of hydrogen-bond acceptors (Lipinski definition) is 2. The minimum absolute atomic E-state index is 0.167. The van der Waals surface area contributed by atoms with Crippen LogP contribution in [0.2, 0.25) is 0 Å². The molecule has 0 heterocycles. The third-order valence-corrected chi connectivity index (χ3v) is 3.91. The number of nitrogens with zero attached hydrogens (tertiary/aromatic N) is 3. The molecule has 0 fully saturated rings. The van der Waals surface area contributed by atoms with E-state index in [1.165, 1.54) is 5.56 Å². The maximum absolute atomic E-state index is 9.48. The third kappa shape index (κ3) is 3.56. The first-order valence-electron chi connectivity index (χ1n) is 7.03. The average molecular weight is 281 g/mol. The Hall–Kier alpha value is -2.45. The molecule has 4 nitrogen and oxygen atoms in total. The van der Waals surface area contributed by atoms with E-state index >= 15 is 0 Å². The van der Waals surface area contributed by atoms with Gasteiger partial charge in [0.25, 0.3) is 0 Å². The summed E-state index contributed by atoms with van der Waals surface area (Å²) < 4.78 is 0. The molecule has 0 aromatic heterocycles. The topological polar surface area (TPSA) is 69.0 Å². The van der Waals surface area contributed by atoms with Crippen molar-refractivity contribution in [2.45, 2.75) is 25.2 Å². The fourth-order valence-electron chi connectivity index (χ4n) is 2.64. The highest BCUT2D eigenvalue weighted by Gasteiger charge is 2.28. The van der Waals surface area contributed by atoms with Gasteiger partial charge in [0, 0.05) is 16.9 Å². The van der Waals surface area contributed by atoms with E-state index in [2.05, 4.69) is 29.1 Å². The van der Waals surface area contributed by atoms with Gasteiger partial charge in [0.05, 0.1) is 0 Å². The Labute approximate surface area is 124 Å². The van der Waals surface area contributed by atoms with Crippen LogP contribution >= 0.6 is 0 Å². The van der Waals surface area contributed by atoms with Crippen LogP contribution in [0.5, 0.6) is 5.75 Å². The molecule has 2 aromatic carbocycles. The van der Waals surface area contributed by atoms with Gasteiger partial charge >= 0.3 is 0 Å². The van der Waals surface area contributed by atoms with Crippen molar-refractivity contribution in [3.8, 4) is 5.75 Å². The Morgan fingerprint density at radius 1 is 1.05 bits per heavy atom. The summed E-state index contributed by atoms with van der Waals surface area (Å²) in [7, 11) is 0. The van der Waals surface area contributed by atoms with Gasteiger partial charge in [-0.2, -0.15) is 0 Å². The highest BCUT2D eigenvalue weighted by molar-refractivity contribution is 5.40. The van der Waals surface area contributed by atoms with Crippen molar-refractivity contribution in [3.05, 3.63) is 76.2 Å². The second kappa shape index (κ2) is 6.82. The smallest absolute Gasteiger partial charge is 0.115 e. The number of aromatic hydroxyl groups is 1. The van der Waals surface area contributed by atoms with Crippen LogP contribution in [0.25, 0.3) is 10.4 Å². The summed E-state index contributed by atoms with van der Waals surface area (Å²) in [5, 5.41) is 13.1. The van der Waals surface area contributed by atoms with Gasteiger partial charge in [-0.1, -0.05) is 54.5 Å². The molecule has 1 unspecified atom stereocenters. The molecule has 21 heavy (non-hydrogen) atoms. The maximum Gasteiger partial charge on any atom is 0.115 e. The van der Waals surface area contributed by atoms with E-state index in [9.17, 15) is 5.11 Å². The Morgan fingerprint density at radius 3 is 2.29 bits per heavy atom. The second-order valence-electron chi connectivity index (χ2n) is 5.30. The average Bonchev–Trinajstić information content (AvgIpc) is 2.53. The zero-order chi connectivity index (χ0) is 15.1. The predicted octanol–water partition coefficient (Wildman–Crippen LogP) is 4.79. The number of hydrogen-bond donors (Lipinski definition) is 1. The standard InChI is InChI=1S/C17H19N3O/c1-17(12-5-13-19-20-18,14-6-3-2-4-7-14)15-8-10-16(21)11-9-15/h2-4,6-11,21H,5,12-13H2,1H3. The molecule has 0 aliphatic rings. The van der Waals surface area contributed by atoms with Crippen molar-refractivity contribution in [3.63, 3.8) is 0 Å². The third-order valence-electron chi connectivity index (χ3n) is 3.91. The van der Waals surface area contributed by atoms with Crippen molar-refractivity contribution >= 4 is 0 Å². The van der Waals surface area contributed by atoms with Crippen molar-refractivity contribution in [1.82, 2.24) is 0 Å². The number of rotatable bonds is 6. The van der Waals surface area contributed by atoms with Crippen molar-refractivity contribution in [1.29, 1.82) is 0 Å². The van der Waals surface area contributed by atoms with Crippen molar-refractivity contribution < 1.29 is 5.11 Å². The predicted molar refractivity (Wildman–Crippen MR) is 84.2 cm³/mol. The number of azide groups is 1. The Kier molecular flexibility index (Phi) is 4.85. The summed E-state index contributed by atoms with van der Waals surface area (Å²) >= 11 is 0. The van der Waals surface area contributed by atoms with Gasteiger partial charge in [0.1, 0.15) is 5.75 Å². The SMILES string of the molecule is CC(CCCN=[N+]=[N-])(c1ccccc1)c1ccc(O)cc1. The summed E-state index contributed by atoms with van der Waals surface area (Å²) in [6, 6.07) is 17.6. The van der Waals surface area contributed by atoms with E-state index in [1.807, 2.05) is 30.3 Å². The Bertz CT molecular complexity index is 618. The monoisotopic (exact) mass is 281 g/mol.